The van der Waals surface area contributed by atoms with E-state index in [9.17, 15) is 19.0 Å². The summed E-state index contributed by atoms with van der Waals surface area (Å²) in [5.41, 5.74) is 0. The molecule has 184 valence electrons. The van der Waals surface area contributed by atoms with Gasteiger partial charge in [-0.3, -0.25) is 14.2 Å². The molecule has 9 nitrogen and oxygen atoms in total. The Bertz CT molecular complexity index is 550. The van der Waals surface area contributed by atoms with Crippen molar-refractivity contribution in [3.05, 3.63) is 0 Å². The van der Waals surface area contributed by atoms with Gasteiger partial charge in [0.05, 0.1) is 27.7 Å². The van der Waals surface area contributed by atoms with Crippen molar-refractivity contribution in [2.45, 2.75) is 77.7 Å². The molecule has 0 radical (unpaired) electrons. The molecular formula is C21H42NO8P. The summed E-state index contributed by atoms with van der Waals surface area (Å²) in [5, 5.41) is 0. The van der Waals surface area contributed by atoms with Gasteiger partial charge in [-0.05, 0) is 12.8 Å². The topological polar surface area (TPSA) is 111 Å². The molecule has 0 bridgehead atoms. The normalized spacial score (nSPS) is 14.6. The Morgan fingerprint density at radius 2 is 1.52 bits per heavy atom. The molecule has 0 rings (SSSR count). The molecule has 0 aromatic rings. The zero-order valence-electron chi connectivity index (χ0n) is 19.9. The van der Waals surface area contributed by atoms with Crippen molar-refractivity contribution in [3.8, 4) is 0 Å². The van der Waals surface area contributed by atoms with Gasteiger partial charge in [-0.2, -0.15) is 0 Å². The first-order valence-electron chi connectivity index (χ1n) is 11.2. The molecule has 10 heteroatoms. The number of nitrogens with zero attached hydrogens (tertiary/aromatic N) is 1. The lowest BCUT2D eigenvalue weighted by atomic mass is 10.1. The van der Waals surface area contributed by atoms with Gasteiger partial charge in [0, 0.05) is 12.8 Å². The van der Waals surface area contributed by atoms with Gasteiger partial charge in [0.2, 0.25) is 0 Å². The number of esters is 2. The number of carbonyl (C=O) groups is 2. The third-order valence-corrected chi connectivity index (χ3v) is 5.31. The first-order valence-corrected chi connectivity index (χ1v) is 12.7. The van der Waals surface area contributed by atoms with Crippen LogP contribution in [0, 0.1) is 0 Å². The average molecular weight is 468 g/mol. The van der Waals surface area contributed by atoms with Gasteiger partial charge < -0.3 is 27.9 Å². The smallest absolute Gasteiger partial charge is 0.306 e. The number of ether oxygens (including phenoxy) is 2. The van der Waals surface area contributed by atoms with E-state index in [1.54, 1.807) is 0 Å². The van der Waals surface area contributed by atoms with Crippen molar-refractivity contribution in [3.63, 3.8) is 0 Å². The van der Waals surface area contributed by atoms with E-state index in [-0.39, 0.29) is 26.1 Å². The molecule has 0 aromatic carbocycles. The van der Waals surface area contributed by atoms with Crippen LogP contribution in [0.15, 0.2) is 0 Å². The van der Waals surface area contributed by atoms with E-state index in [4.69, 9.17) is 18.5 Å². The summed E-state index contributed by atoms with van der Waals surface area (Å²) in [6.07, 6.45) is 6.22. The Labute approximate surface area is 187 Å². The van der Waals surface area contributed by atoms with E-state index >= 15 is 0 Å². The Morgan fingerprint density at radius 3 is 2.13 bits per heavy atom. The third kappa shape index (κ3) is 19.4. The molecule has 0 saturated heterocycles. The summed E-state index contributed by atoms with van der Waals surface area (Å²) in [6.45, 7) is 3.69. The number of quaternary nitrogens is 1. The van der Waals surface area contributed by atoms with Gasteiger partial charge in [0.15, 0.2) is 6.10 Å². The van der Waals surface area contributed by atoms with Crippen molar-refractivity contribution < 1.29 is 42.1 Å². The van der Waals surface area contributed by atoms with Gasteiger partial charge in [-0.25, -0.2) is 0 Å². The monoisotopic (exact) mass is 467 g/mol. The van der Waals surface area contributed by atoms with Crippen LogP contribution in [0.2, 0.25) is 0 Å². The molecule has 0 aliphatic rings. The second-order valence-corrected chi connectivity index (χ2v) is 10.1. The molecule has 0 aliphatic carbocycles. The molecule has 2 unspecified atom stereocenters. The highest BCUT2D eigenvalue weighted by atomic mass is 31.2. The van der Waals surface area contributed by atoms with Crippen LogP contribution in [0.25, 0.3) is 0 Å². The highest BCUT2D eigenvalue weighted by Gasteiger charge is 2.21. The standard InChI is InChI=1S/C21H42NO8P/c1-6-8-9-10-11-12-14-21(24)30-19(17-27-20(23)13-7-2)18-29-31(25,26)28-16-15-22(3,4)5/h19H,6-18H2,1-5H3. The number of carbonyl (C=O) groups excluding carboxylic acids is 2. The third-order valence-electron chi connectivity index (χ3n) is 4.35. The highest BCUT2D eigenvalue weighted by molar-refractivity contribution is 7.45. The zero-order chi connectivity index (χ0) is 23.8. The lowest BCUT2D eigenvalue weighted by molar-refractivity contribution is -0.870. The van der Waals surface area contributed by atoms with Crippen molar-refractivity contribution >= 4 is 19.8 Å². The summed E-state index contributed by atoms with van der Waals surface area (Å²) >= 11 is 0. The maximum absolute atomic E-state index is 12.1. The van der Waals surface area contributed by atoms with E-state index in [1.807, 2.05) is 28.1 Å². The predicted molar refractivity (Wildman–Crippen MR) is 116 cm³/mol. The first kappa shape index (κ1) is 30.0. The Hall–Kier alpha value is -0.990. The van der Waals surface area contributed by atoms with Crippen LogP contribution in [0.5, 0.6) is 0 Å². The predicted octanol–water partition coefficient (Wildman–Crippen LogP) is 3.20. The Morgan fingerprint density at radius 1 is 0.871 bits per heavy atom. The molecule has 2 atom stereocenters. The van der Waals surface area contributed by atoms with Gasteiger partial charge in [-0.1, -0.05) is 46.0 Å². The largest absolute Gasteiger partial charge is 0.756 e. The van der Waals surface area contributed by atoms with Crippen LogP contribution in [0.3, 0.4) is 0 Å². The van der Waals surface area contributed by atoms with Crippen LogP contribution in [0.1, 0.15) is 71.6 Å². The summed E-state index contributed by atoms with van der Waals surface area (Å²) in [4.78, 5) is 35.7. The summed E-state index contributed by atoms with van der Waals surface area (Å²) < 4.78 is 32.6. The van der Waals surface area contributed by atoms with Gasteiger partial charge in [0.1, 0.15) is 19.8 Å². The molecule has 31 heavy (non-hydrogen) atoms. The highest BCUT2D eigenvalue weighted by Crippen LogP contribution is 2.38. The van der Waals surface area contributed by atoms with Crippen LogP contribution in [0.4, 0.5) is 0 Å². The Balaban J connectivity index is 4.55. The van der Waals surface area contributed by atoms with Crippen molar-refractivity contribution in [1.82, 2.24) is 0 Å². The summed E-state index contributed by atoms with van der Waals surface area (Å²) in [7, 11) is 1.16. The van der Waals surface area contributed by atoms with E-state index in [0.717, 1.165) is 25.7 Å². The minimum atomic E-state index is -4.56. The lowest BCUT2D eigenvalue weighted by Crippen LogP contribution is -2.37. The molecular weight excluding hydrogens is 425 g/mol. The maximum Gasteiger partial charge on any atom is 0.306 e. The lowest BCUT2D eigenvalue weighted by Gasteiger charge is -2.28. The molecule has 0 spiro atoms. The van der Waals surface area contributed by atoms with E-state index < -0.39 is 32.5 Å². The Kier molecular flexibility index (Phi) is 16.1. The molecule has 0 fully saturated rings. The van der Waals surface area contributed by atoms with Crippen molar-refractivity contribution in [2.75, 3.05) is 47.5 Å². The number of likely N-dealkylation sites (N-methyl/N-ethyl adjacent to an activating group) is 1. The van der Waals surface area contributed by atoms with Gasteiger partial charge in [-0.15, -0.1) is 0 Å². The van der Waals surface area contributed by atoms with E-state index in [0.29, 0.717) is 23.9 Å². The number of phosphoric acid groups is 1. The molecule has 0 heterocycles. The van der Waals surface area contributed by atoms with Crippen LogP contribution in [-0.4, -0.2) is 70.0 Å². The second-order valence-electron chi connectivity index (χ2n) is 8.65. The molecule has 0 N–H and O–H groups in total. The summed E-state index contributed by atoms with van der Waals surface area (Å²) in [6, 6.07) is 0. The van der Waals surface area contributed by atoms with Gasteiger partial charge in [0.25, 0.3) is 7.82 Å². The fourth-order valence-electron chi connectivity index (χ4n) is 2.51. The van der Waals surface area contributed by atoms with E-state index in [2.05, 4.69) is 6.92 Å². The number of rotatable bonds is 19. The van der Waals surface area contributed by atoms with Gasteiger partial charge >= 0.3 is 11.9 Å². The summed E-state index contributed by atoms with van der Waals surface area (Å²) in [5.74, 6) is -0.911. The minimum absolute atomic E-state index is 0.0295. The molecule has 0 amide bonds. The van der Waals surface area contributed by atoms with Crippen molar-refractivity contribution in [1.29, 1.82) is 0 Å². The molecule has 0 saturated carbocycles. The fourth-order valence-corrected chi connectivity index (χ4v) is 3.24. The zero-order valence-corrected chi connectivity index (χ0v) is 20.8. The van der Waals surface area contributed by atoms with Crippen molar-refractivity contribution in [2.24, 2.45) is 0 Å². The second kappa shape index (κ2) is 16.6. The first-order chi connectivity index (χ1) is 14.5. The number of phosphoric ester groups is 1. The average Bonchev–Trinajstić information content (AvgIpc) is 2.65. The quantitative estimate of drug-likeness (QED) is 0.123. The maximum atomic E-state index is 12.1. The number of hydrogen-bond donors (Lipinski definition) is 0. The fraction of sp³-hybridized carbons (Fsp3) is 0.905. The van der Waals surface area contributed by atoms with Crippen LogP contribution >= 0.6 is 7.82 Å². The molecule has 0 aliphatic heterocycles. The number of unbranched alkanes of at least 4 members (excludes halogenated alkanes) is 5. The molecule has 0 aromatic heterocycles. The SMILES string of the molecule is CCCCCCCCC(=O)OC(COC(=O)CCC)COP(=O)([O-])OCC[N+](C)(C)C. The van der Waals surface area contributed by atoms with E-state index in [1.165, 1.54) is 6.42 Å². The van der Waals surface area contributed by atoms with Crippen LogP contribution in [-0.2, 0) is 32.7 Å². The minimum Gasteiger partial charge on any atom is -0.756 e. The number of hydrogen-bond acceptors (Lipinski definition) is 8. The van der Waals surface area contributed by atoms with Crippen LogP contribution < -0.4 is 4.89 Å².